The molecule has 0 aromatic carbocycles. The third kappa shape index (κ3) is 2.08. The van der Waals surface area contributed by atoms with Crippen molar-refractivity contribution in [3.8, 4) is 0 Å². The number of aliphatic hydroxyl groups is 1. The minimum absolute atomic E-state index is 0.150. The number of nitrogens with one attached hydrogen (secondary N) is 1. The Morgan fingerprint density at radius 3 is 2.43 bits per heavy atom. The van der Waals surface area contributed by atoms with Crippen LogP contribution in [0, 0.1) is 5.92 Å². The van der Waals surface area contributed by atoms with Gasteiger partial charge in [0.15, 0.2) is 0 Å². The van der Waals surface area contributed by atoms with E-state index in [0.29, 0.717) is 6.54 Å². The van der Waals surface area contributed by atoms with Crippen molar-refractivity contribution in [2.24, 2.45) is 5.92 Å². The van der Waals surface area contributed by atoms with Crippen LogP contribution in [0.25, 0.3) is 0 Å². The van der Waals surface area contributed by atoms with E-state index in [1.54, 1.807) is 0 Å². The molecule has 3 nitrogen and oxygen atoms in total. The number of rotatable bonds is 3. The fourth-order valence-electron chi connectivity index (χ4n) is 2.28. The summed E-state index contributed by atoms with van der Waals surface area (Å²) in [6.45, 7) is 0.461. The summed E-state index contributed by atoms with van der Waals surface area (Å²) in [6, 6.07) is 0. The summed E-state index contributed by atoms with van der Waals surface area (Å²) < 4.78 is 0. The van der Waals surface area contributed by atoms with Gasteiger partial charge < -0.3 is 10.4 Å². The van der Waals surface area contributed by atoms with Crippen molar-refractivity contribution in [2.75, 3.05) is 6.54 Å². The van der Waals surface area contributed by atoms with Crippen molar-refractivity contribution in [1.29, 1.82) is 0 Å². The highest BCUT2D eigenvalue weighted by Crippen LogP contribution is 2.30. The smallest absolute Gasteiger partial charge is 0.223 e. The van der Waals surface area contributed by atoms with Crippen LogP contribution < -0.4 is 5.32 Å². The van der Waals surface area contributed by atoms with Crippen LogP contribution in [-0.4, -0.2) is 23.2 Å². The third-order valence-electron chi connectivity index (χ3n) is 3.60. The van der Waals surface area contributed by atoms with Gasteiger partial charge in [0.2, 0.25) is 5.91 Å². The quantitative estimate of drug-likeness (QED) is 0.714. The molecule has 0 aliphatic heterocycles. The van der Waals surface area contributed by atoms with Crippen LogP contribution in [0.3, 0.4) is 0 Å². The lowest BCUT2D eigenvalue weighted by atomic mass is 9.84. The first kappa shape index (κ1) is 9.97. The first-order valence-electron chi connectivity index (χ1n) is 5.70. The molecule has 80 valence electrons. The molecule has 0 aromatic heterocycles. The Morgan fingerprint density at radius 2 is 1.93 bits per heavy atom. The molecule has 0 atom stereocenters. The van der Waals surface area contributed by atoms with Gasteiger partial charge in [-0.3, -0.25) is 4.79 Å². The average molecular weight is 197 g/mol. The molecule has 0 heterocycles. The molecule has 0 radical (unpaired) electrons. The fourth-order valence-corrected chi connectivity index (χ4v) is 2.28. The first-order valence-corrected chi connectivity index (χ1v) is 5.70. The van der Waals surface area contributed by atoms with E-state index in [1.165, 1.54) is 6.42 Å². The maximum atomic E-state index is 11.5. The third-order valence-corrected chi connectivity index (χ3v) is 3.60. The minimum Gasteiger partial charge on any atom is -0.388 e. The Labute approximate surface area is 84.9 Å². The molecule has 2 rings (SSSR count). The molecule has 2 aliphatic rings. The van der Waals surface area contributed by atoms with Crippen molar-refractivity contribution in [1.82, 2.24) is 5.32 Å². The van der Waals surface area contributed by atoms with Crippen molar-refractivity contribution in [3.63, 3.8) is 0 Å². The van der Waals surface area contributed by atoms with Gasteiger partial charge in [-0.2, -0.15) is 0 Å². The van der Waals surface area contributed by atoms with Gasteiger partial charge in [-0.15, -0.1) is 0 Å². The van der Waals surface area contributed by atoms with Gasteiger partial charge in [-0.1, -0.05) is 19.3 Å². The second-order valence-electron chi connectivity index (χ2n) is 4.78. The second kappa shape index (κ2) is 3.89. The van der Waals surface area contributed by atoms with Gasteiger partial charge in [-0.05, 0) is 25.7 Å². The standard InChI is InChI=1S/C11H19NO2/c13-10(9-4-3-5-9)12-8-11(14)6-1-2-7-11/h9,14H,1-8H2,(H,12,13). The lowest BCUT2D eigenvalue weighted by Gasteiger charge is -2.27. The van der Waals surface area contributed by atoms with Gasteiger partial charge in [0.05, 0.1) is 5.60 Å². The number of hydrogen-bond donors (Lipinski definition) is 2. The van der Waals surface area contributed by atoms with Gasteiger partial charge in [0.1, 0.15) is 0 Å². The summed E-state index contributed by atoms with van der Waals surface area (Å²) in [5.74, 6) is 0.386. The molecular weight excluding hydrogens is 178 g/mol. The van der Waals surface area contributed by atoms with Crippen LogP contribution in [0.2, 0.25) is 0 Å². The second-order valence-corrected chi connectivity index (χ2v) is 4.78. The monoisotopic (exact) mass is 197 g/mol. The Morgan fingerprint density at radius 1 is 1.29 bits per heavy atom. The number of hydrogen-bond acceptors (Lipinski definition) is 2. The van der Waals surface area contributed by atoms with E-state index in [2.05, 4.69) is 5.32 Å². The summed E-state index contributed by atoms with van der Waals surface area (Å²) in [5.41, 5.74) is -0.598. The zero-order valence-corrected chi connectivity index (χ0v) is 8.59. The van der Waals surface area contributed by atoms with Crippen LogP contribution in [0.4, 0.5) is 0 Å². The number of carbonyl (C=O) groups excluding carboxylic acids is 1. The summed E-state index contributed by atoms with van der Waals surface area (Å²) in [7, 11) is 0. The van der Waals surface area contributed by atoms with Gasteiger partial charge in [-0.25, -0.2) is 0 Å². The highest BCUT2D eigenvalue weighted by atomic mass is 16.3. The van der Waals surface area contributed by atoms with E-state index in [1.807, 2.05) is 0 Å². The normalized spacial score (nSPS) is 25.8. The maximum Gasteiger partial charge on any atom is 0.223 e. The molecule has 2 aliphatic carbocycles. The van der Waals surface area contributed by atoms with E-state index in [4.69, 9.17) is 0 Å². The van der Waals surface area contributed by atoms with E-state index in [9.17, 15) is 9.90 Å². The topological polar surface area (TPSA) is 49.3 Å². The van der Waals surface area contributed by atoms with Gasteiger partial charge in [0.25, 0.3) is 0 Å². The molecule has 14 heavy (non-hydrogen) atoms. The number of carbonyl (C=O) groups is 1. The molecule has 2 N–H and O–H groups in total. The Kier molecular flexibility index (Phi) is 2.77. The van der Waals surface area contributed by atoms with Gasteiger partial charge in [0, 0.05) is 12.5 Å². The van der Waals surface area contributed by atoms with Crippen molar-refractivity contribution < 1.29 is 9.90 Å². The molecule has 1 amide bonds. The molecule has 0 aromatic rings. The molecule has 3 heteroatoms. The molecular formula is C11H19NO2. The lowest BCUT2D eigenvalue weighted by molar-refractivity contribution is -0.128. The summed E-state index contributed by atoms with van der Waals surface area (Å²) in [4.78, 5) is 11.5. The summed E-state index contributed by atoms with van der Waals surface area (Å²) in [5, 5.41) is 12.9. The Bertz CT molecular complexity index is 217. The van der Waals surface area contributed by atoms with Crippen LogP contribution in [0.1, 0.15) is 44.9 Å². The molecule has 0 bridgehead atoms. The van der Waals surface area contributed by atoms with Crippen LogP contribution >= 0.6 is 0 Å². The Hall–Kier alpha value is -0.570. The molecule has 2 saturated carbocycles. The fraction of sp³-hybridized carbons (Fsp3) is 0.909. The van der Waals surface area contributed by atoms with E-state index < -0.39 is 5.60 Å². The molecule has 0 saturated heterocycles. The van der Waals surface area contributed by atoms with Crippen molar-refractivity contribution >= 4 is 5.91 Å². The highest BCUT2D eigenvalue weighted by Gasteiger charge is 2.33. The predicted octanol–water partition coefficient (Wildman–Crippen LogP) is 1.21. The SMILES string of the molecule is O=C(NCC1(O)CCCC1)C1CCC1. The van der Waals surface area contributed by atoms with Crippen LogP contribution in [0.15, 0.2) is 0 Å². The first-order chi connectivity index (χ1) is 6.70. The van der Waals surface area contributed by atoms with Crippen molar-refractivity contribution in [3.05, 3.63) is 0 Å². The van der Waals surface area contributed by atoms with Crippen LogP contribution in [-0.2, 0) is 4.79 Å². The summed E-state index contributed by atoms with van der Waals surface area (Å²) in [6.07, 6.45) is 7.12. The average Bonchev–Trinajstić information content (AvgIpc) is 2.47. The lowest BCUT2D eigenvalue weighted by Crippen LogP contribution is -2.44. The van der Waals surface area contributed by atoms with Gasteiger partial charge >= 0.3 is 0 Å². The van der Waals surface area contributed by atoms with Crippen LogP contribution in [0.5, 0.6) is 0 Å². The van der Waals surface area contributed by atoms with E-state index in [0.717, 1.165) is 38.5 Å². The zero-order chi connectivity index (χ0) is 10.0. The van der Waals surface area contributed by atoms with E-state index in [-0.39, 0.29) is 11.8 Å². The highest BCUT2D eigenvalue weighted by molar-refractivity contribution is 5.79. The maximum absolute atomic E-state index is 11.5. The molecule has 0 unspecified atom stereocenters. The number of amides is 1. The molecule has 0 spiro atoms. The Balaban J connectivity index is 1.72. The predicted molar refractivity (Wildman–Crippen MR) is 53.8 cm³/mol. The van der Waals surface area contributed by atoms with Crippen molar-refractivity contribution in [2.45, 2.75) is 50.5 Å². The zero-order valence-electron chi connectivity index (χ0n) is 8.59. The molecule has 2 fully saturated rings. The summed E-state index contributed by atoms with van der Waals surface area (Å²) >= 11 is 0. The minimum atomic E-state index is -0.598. The largest absolute Gasteiger partial charge is 0.388 e. The van der Waals surface area contributed by atoms with E-state index >= 15 is 0 Å².